The Kier molecular flexibility index (Phi) is 6.22. The quantitative estimate of drug-likeness (QED) is 0.513. The van der Waals surface area contributed by atoms with Gasteiger partial charge in [0.2, 0.25) is 0 Å². The van der Waals surface area contributed by atoms with Crippen LogP contribution in [0, 0.1) is 13.8 Å². The average molecular weight is 521 g/mol. The van der Waals surface area contributed by atoms with Crippen molar-refractivity contribution in [1.82, 2.24) is 29.7 Å². The van der Waals surface area contributed by atoms with Gasteiger partial charge in [-0.25, -0.2) is 15.0 Å². The van der Waals surface area contributed by atoms with E-state index in [1.54, 1.807) is 23.5 Å². The number of carbonyl (C=O) groups excluding carboxylic acids is 2. The van der Waals surface area contributed by atoms with Gasteiger partial charge in [-0.05, 0) is 51.7 Å². The summed E-state index contributed by atoms with van der Waals surface area (Å²) in [6, 6.07) is 3.50. The summed E-state index contributed by atoms with van der Waals surface area (Å²) in [5.74, 6) is 1.44. The van der Waals surface area contributed by atoms with Crippen LogP contribution in [-0.2, 0) is 30.6 Å². The van der Waals surface area contributed by atoms with E-state index in [1.165, 1.54) is 0 Å². The zero-order valence-electron chi connectivity index (χ0n) is 21.5. The van der Waals surface area contributed by atoms with Crippen LogP contribution >= 0.6 is 11.3 Å². The lowest BCUT2D eigenvalue weighted by Crippen LogP contribution is -2.43. The zero-order valence-corrected chi connectivity index (χ0v) is 22.4. The van der Waals surface area contributed by atoms with E-state index in [2.05, 4.69) is 19.9 Å². The lowest BCUT2D eigenvalue weighted by Gasteiger charge is -2.36. The molecule has 2 aliphatic heterocycles. The summed E-state index contributed by atoms with van der Waals surface area (Å²) in [6.45, 7) is 7.44. The molecular formula is C27H32N6O3S. The van der Waals surface area contributed by atoms with Crippen molar-refractivity contribution in [2.24, 2.45) is 0 Å². The molecular weight excluding hydrogens is 488 g/mol. The molecule has 1 aliphatic carbocycles. The van der Waals surface area contributed by atoms with Crippen LogP contribution in [0.15, 0.2) is 12.1 Å². The van der Waals surface area contributed by atoms with E-state index < -0.39 is 0 Å². The van der Waals surface area contributed by atoms with Crippen LogP contribution in [0.5, 0.6) is 5.75 Å². The fourth-order valence-corrected chi connectivity index (χ4v) is 6.49. The molecule has 10 heteroatoms. The number of hydrogen-bond donors (Lipinski definition) is 1. The number of rotatable bonds is 7. The highest BCUT2D eigenvalue weighted by Crippen LogP contribution is 2.41. The van der Waals surface area contributed by atoms with E-state index in [4.69, 9.17) is 9.72 Å². The lowest BCUT2D eigenvalue weighted by molar-refractivity contribution is -0.135. The molecule has 0 bridgehead atoms. The second-order valence-corrected chi connectivity index (χ2v) is 11.3. The van der Waals surface area contributed by atoms with E-state index in [0.717, 1.165) is 71.4 Å². The summed E-state index contributed by atoms with van der Waals surface area (Å²) in [4.78, 5) is 43.3. The van der Waals surface area contributed by atoms with Crippen molar-refractivity contribution >= 4 is 23.2 Å². The number of nitrogens with one attached hydrogen (secondary N) is 1. The third kappa shape index (κ3) is 4.52. The molecule has 1 unspecified atom stereocenters. The molecule has 1 fully saturated rings. The molecule has 3 aromatic rings. The molecule has 3 aromatic heterocycles. The number of fused-ring (bicyclic) bond motifs is 3. The Hall–Kier alpha value is -3.27. The molecule has 9 nitrogen and oxygen atoms in total. The molecule has 6 rings (SSSR count). The summed E-state index contributed by atoms with van der Waals surface area (Å²) in [6.07, 6.45) is 5.46. The second-order valence-electron chi connectivity index (χ2n) is 10.1. The molecule has 0 spiro atoms. The summed E-state index contributed by atoms with van der Waals surface area (Å²) < 4.78 is 8.35. The maximum Gasteiger partial charge on any atom is 0.270 e. The minimum Gasteiger partial charge on any atom is -0.482 e. The third-order valence-electron chi connectivity index (χ3n) is 7.38. The van der Waals surface area contributed by atoms with Crippen molar-refractivity contribution in [1.29, 1.82) is 0 Å². The van der Waals surface area contributed by atoms with Gasteiger partial charge in [-0.3, -0.25) is 9.59 Å². The molecule has 0 aromatic carbocycles. The second kappa shape index (κ2) is 9.55. The third-order valence-corrected chi connectivity index (χ3v) is 8.50. The Balaban J connectivity index is 1.24. The molecule has 0 radical (unpaired) electrons. The highest BCUT2D eigenvalue weighted by atomic mass is 32.1. The molecule has 194 valence electrons. The smallest absolute Gasteiger partial charge is 0.270 e. The molecule has 2 amide bonds. The number of pyridine rings is 1. The maximum absolute atomic E-state index is 13.7. The number of aryl methyl sites for hydroxylation is 4. The summed E-state index contributed by atoms with van der Waals surface area (Å²) in [5.41, 5.74) is 4.27. The highest BCUT2D eigenvalue weighted by molar-refractivity contribution is 7.11. The number of nitrogens with zero attached hydrogens (tertiary/aromatic N) is 5. The minimum atomic E-state index is -0.206. The van der Waals surface area contributed by atoms with Gasteiger partial charge in [-0.15, -0.1) is 11.3 Å². The van der Waals surface area contributed by atoms with Crippen LogP contribution in [0.25, 0.3) is 0 Å². The zero-order chi connectivity index (χ0) is 25.7. The van der Waals surface area contributed by atoms with Gasteiger partial charge in [0, 0.05) is 32.0 Å². The van der Waals surface area contributed by atoms with Crippen LogP contribution in [0.3, 0.4) is 0 Å². The van der Waals surface area contributed by atoms with Crippen molar-refractivity contribution in [3.63, 3.8) is 0 Å². The normalized spacial score (nSPS) is 18.5. The molecule has 3 aliphatic rings. The highest BCUT2D eigenvalue weighted by Gasteiger charge is 2.39. The first-order valence-electron chi connectivity index (χ1n) is 13.2. The topological polar surface area (TPSA) is 102 Å². The van der Waals surface area contributed by atoms with Crippen molar-refractivity contribution in [3.8, 4) is 5.75 Å². The van der Waals surface area contributed by atoms with Crippen LogP contribution in [0.4, 0.5) is 0 Å². The van der Waals surface area contributed by atoms with Gasteiger partial charge < -0.3 is 19.5 Å². The number of ether oxygens (including phenoxy) is 1. The van der Waals surface area contributed by atoms with Crippen molar-refractivity contribution in [3.05, 3.63) is 56.3 Å². The van der Waals surface area contributed by atoms with E-state index in [-0.39, 0.29) is 30.5 Å². The first-order valence-corrected chi connectivity index (χ1v) is 14.0. The van der Waals surface area contributed by atoms with Gasteiger partial charge in [0.05, 0.1) is 32.7 Å². The van der Waals surface area contributed by atoms with Gasteiger partial charge in [0.15, 0.2) is 6.61 Å². The minimum absolute atomic E-state index is 0.0766. The Labute approximate surface area is 220 Å². The van der Waals surface area contributed by atoms with Gasteiger partial charge in [0.1, 0.15) is 23.3 Å². The summed E-state index contributed by atoms with van der Waals surface area (Å²) >= 11 is 1.65. The SMILES string of the molecule is CCc1nc(C(=O)NC2CC2)ccc1OCC(=O)N1CCc2nc3n(c2C1c1sc(C)nc1C)CCC3. The predicted molar refractivity (Wildman–Crippen MR) is 139 cm³/mol. The van der Waals surface area contributed by atoms with Crippen molar-refractivity contribution in [2.45, 2.75) is 77.9 Å². The van der Waals surface area contributed by atoms with Crippen molar-refractivity contribution in [2.75, 3.05) is 13.2 Å². The Bertz CT molecular complexity index is 1370. The molecule has 1 atom stereocenters. The van der Waals surface area contributed by atoms with E-state index in [9.17, 15) is 9.59 Å². The van der Waals surface area contributed by atoms with Gasteiger partial charge in [-0.2, -0.15) is 0 Å². The number of carbonyl (C=O) groups is 2. The number of hydrogen-bond acceptors (Lipinski definition) is 7. The molecule has 1 saturated carbocycles. The van der Waals surface area contributed by atoms with Gasteiger partial charge in [-0.1, -0.05) is 6.92 Å². The van der Waals surface area contributed by atoms with Gasteiger partial charge in [0.25, 0.3) is 11.8 Å². The molecule has 37 heavy (non-hydrogen) atoms. The Morgan fingerprint density at radius 3 is 2.70 bits per heavy atom. The average Bonchev–Trinajstić information content (AvgIpc) is 3.30. The lowest BCUT2D eigenvalue weighted by atomic mass is 9.99. The molecule has 5 heterocycles. The standard InChI is InChI=1S/C27H32N6O3S/c1-4-18-21(10-9-20(30-18)27(35)29-17-7-8-17)36-14-23(34)33-13-11-19-24(32-12-5-6-22(32)31-19)25(33)26-15(2)28-16(3)37-26/h9-10,17,25H,4-8,11-14H2,1-3H3,(H,29,35). The first kappa shape index (κ1) is 24.1. The van der Waals surface area contributed by atoms with Crippen LogP contribution < -0.4 is 10.1 Å². The van der Waals surface area contributed by atoms with E-state index in [1.807, 2.05) is 25.7 Å². The Morgan fingerprint density at radius 2 is 1.97 bits per heavy atom. The van der Waals surface area contributed by atoms with E-state index >= 15 is 0 Å². The predicted octanol–water partition coefficient (Wildman–Crippen LogP) is 3.31. The number of thiazole rings is 1. The van der Waals surface area contributed by atoms with E-state index in [0.29, 0.717) is 30.1 Å². The first-order chi connectivity index (χ1) is 17.9. The fourth-order valence-electron chi connectivity index (χ4n) is 5.44. The summed E-state index contributed by atoms with van der Waals surface area (Å²) in [7, 11) is 0. The number of aromatic nitrogens is 4. The van der Waals surface area contributed by atoms with Crippen molar-refractivity contribution < 1.29 is 14.3 Å². The van der Waals surface area contributed by atoms with Crippen LogP contribution in [-0.4, -0.2) is 55.4 Å². The maximum atomic E-state index is 13.7. The Morgan fingerprint density at radius 1 is 1.14 bits per heavy atom. The largest absolute Gasteiger partial charge is 0.482 e. The number of imidazole rings is 1. The fraction of sp³-hybridized carbons (Fsp3) is 0.519. The number of amides is 2. The van der Waals surface area contributed by atoms with Crippen LogP contribution in [0.2, 0.25) is 0 Å². The molecule has 1 N–H and O–H groups in total. The monoisotopic (exact) mass is 520 g/mol. The van der Waals surface area contributed by atoms with Crippen LogP contribution in [0.1, 0.15) is 81.2 Å². The van der Waals surface area contributed by atoms with Gasteiger partial charge >= 0.3 is 0 Å². The molecule has 0 saturated heterocycles. The summed E-state index contributed by atoms with van der Waals surface area (Å²) in [5, 5.41) is 3.96.